The van der Waals surface area contributed by atoms with E-state index in [1.807, 2.05) is 0 Å². The highest BCUT2D eigenvalue weighted by atomic mass is 16.6. The molecule has 60 valence electrons. The quantitative estimate of drug-likeness (QED) is 0.363. The van der Waals surface area contributed by atoms with Gasteiger partial charge in [0.25, 0.3) is 5.69 Å². The lowest BCUT2D eigenvalue weighted by Gasteiger charge is -1.89. The normalized spacial score (nSPS) is 9.00. The van der Waals surface area contributed by atoms with Crippen molar-refractivity contribution in [1.29, 1.82) is 5.39 Å². The van der Waals surface area contributed by atoms with E-state index in [1.165, 1.54) is 18.2 Å². The van der Waals surface area contributed by atoms with Crippen LogP contribution < -0.4 is 0 Å². The van der Waals surface area contributed by atoms with Crippen LogP contribution in [-0.2, 0) is 0 Å². The number of nitrogens with zero attached hydrogens (tertiary/aromatic N) is 3. The Hall–Kier alpha value is -1.96. The van der Waals surface area contributed by atoms with E-state index >= 15 is 0 Å². The molecule has 5 nitrogen and oxygen atoms in total. The molecule has 0 saturated heterocycles. The third-order valence-corrected chi connectivity index (χ3v) is 1.50. The highest BCUT2D eigenvalue weighted by Crippen LogP contribution is 2.22. The van der Waals surface area contributed by atoms with Gasteiger partial charge in [0.05, 0.1) is 10.5 Å². The number of benzene rings is 1. The van der Waals surface area contributed by atoms with Gasteiger partial charge in [-0.25, -0.2) is 0 Å². The van der Waals surface area contributed by atoms with Crippen LogP contribution in [0.25, 0.3) is 4.98 Å². The van der Waals surface area contributed by atoms with E-state index in [4.69, 9.17) is 5.39 Å². The smallest absolute Gasteiger partial charge is 0.258 e. The Labute approximate surface area is 68.4 Å². The second kappa shape index (κ2) is 2.96. The van der Waals surface area contributed by atoms with Crippen LogP contribution in [0.2, 0.25) is 0 Å². The summed E-state index contributed by atoms with van der Waals surface area (Å²) in [6.45, 7) is 1.64. The Bertz CT molecular complexity index is 367. The van der Waals surface area contributed by atoms with Gasteiger partial charge in [-0.2, -0.15) is 0 Å². The molecule has 1 rings (SSSR count). The fourth-order valence-electron chi connectivity index (χ4n) is 0.865. The predicted molar refractivity (Wildman–Crippen MR) is 42.6 cm³/mol. The van der Waals surface area contributed by atoms with Gasteiger partial charge in [0, 0.05) is 18.2 Å². The number of hydrogen-bond donors (Lipinski definition) is 0. The van der Waals surface area contributed by atoms with Crippen molar-refractivity contribution < 1.29 is 4.92 Å². The van der Waals surface area contributed by atoms with Crippen LogP contribution in [0.15, 0.2) is 18.2 Å². The first-order chi connectivity index (χ1) is 5.65. The highest BCUT2D eigenvalue weighted by molar-refractivity contribution is 5.55. The van der Waals surface area contributed by atoms with E-state index in [0.717, 1.165) is 0 Å². The minimum atomic E-state index is -0.492. The predicted octanol–water partition coefficient (Wildman–Crippen LogP) is 2.39. The fraction of sp³-hybridized carbons (Fsp3) is 0.143. The van der Waals surface area contributed by atoms with Crippen molar-refractivity contribution in [2.45, 2.75) is 6.92 Å². The maximum atomic E-state index is 10.3. The average molecular weight is 164 g/mol. The summed E-state index contributed by atoms with van der Waals surface area (Å²) in [7, 11) is 0. The Kier molecular flexibility index (Phi) is 2.01. The number of hydrogen-bond acceptors (Lipinski definition) is 3. The van der Waals surface area contributed by atoms with Crippen LogP contribution >= 0.6 is 0 Å². The molecular weight excluding hydrogens is 158 g/mol. The van der Waals surface area contributed by atoms with Crippen molar-refractivity contribution in [3.8, 4) is 0 Å². The standard InChI is InChI=1S/C7H6N3O2/c1-5-4-6(10(11)12)2-3-7(5)9-8/h2-4H,1H3/q+1. The maximum Gasteiger partial charge on any atom is 0.388 e. The molecule has 1 aromatic rings. The lowest BCUT2D eigenvalue weighted by Crippen LogP contribution is -1.87. The average Bonchev–Trinajstić information content (AvgIpc) is 2.04. The minimum Gasteiger partial charge on any atom is -0.258 e. The van der Waals surface area contributed by atoms with E-state index < -0.39 is 4.92 Å². The topological polar surface area (TPSA) is 71.3 Å². The summed E-state index contributed by atoms with van der Waals surface area (Å²) in [4.78, 5) is 12.7. The molecule has 12 heavy (non-hydrogen) atoms. The third-order valence-electron chi connectivity index (χ3n) is 1.50. The molecule has 0 radical (unpaired) electrons. The Morgan fingerprint density at radius 3 is 2.67 bits per heavy atom. The van der Waals surface area contributed by atoms with E-state index in [0.29, 0.717) is 11.3 Å². The van der Waals surface area contributed by atoms with E-state index in [1.54, 1.807) is 6.92 Å². The fourth-order valence-corrected chi connectivity index (χ4v) is 0.865. The van der Waals surface area contributed by atoms with Crippen LogP contribution in [0, 0.1) is 22.4 Å². The van der Waals surface area contributed by atoms with Crippen molar-refractivity contribution in [3.63, 3.8) is 0 Å². The molecule has 0 aromatic heterocycles. The molecule has 1 aromatic carbocycles. The minimum absolute atomic E-state index is 0.0000926. The summed E-state index contributed by atoms with van der Waals surface area (Å²) in [5.74, 6) is 0. The molecule has 0 N–H and O–H groups in total. The summed E-state index contributed by atoms with van der Waals surface area (Å²) in [5, 5.41) is 18.7. The third kappa shape index (κ3) is 1.37. The highest BCUT2D eigenvalue weighted by Gasteiger charge is 2.14. The molecular formula is C7H6N3O2+. The first-order valence-electron chi connectivity index (χ1n) is 3.25. The van der Waals surface area contributed by atoms with Crippen molar-refractivity contribution in [2.75, 3.05) is 0 Å². The van der Waals surface area contributed by atoms with E-state index in [-0.39, 0.29) is 5.69 Å². The number of aryl methyl sites for hydroxylation is 1. The molecule has 0 aliphatic heterocycles. The van der Waals surface area contributed by atoms with Gasteiger partial charge in [-0.15, -0.1) is 0 Å². The number of nitro benzene ring substituents is 1. The van der Waals surface area contributed by atoms with Gasteiger partial charge in [0.15, 0.2) is 4.98 Å². The van der Waals surface area contributed by atoms with Crippen LogP contribution in [0.3, 0.4) is 0 Å². The monoisotopic (exact) mass is 164 g/mol. The molecule has 0 aliphatic rings. The van der Waals surface area contributed by atoms with Crippen molar-refractivity contribution in [2.24, 2.45) is 0 Å². The molecule has 0 amide bonds. The summed E-state index contributed by atoms with van der Waals surface area (Å²) >= 11 is 0. The molecule has 0 aliphatic carbocycles. The summed E-state index contributed by atoms with van der Waals surface area (Å²) < 4.78 is 0. The Morgan fingerprint density at radius 1 is 1.58 bits per heavy atom. The number of rotatable bonds is 1. The second-order valence-corrected chi connectivity index (χ2v) is 2.33. The SMILES string of the molecule is Cc1cc([N+](=O)[O-])ccc1[N+]#N. The van der Waals surface area contributed by atoms with Crippen molar-refractivity contribution in [3.05, 3.63) is 38.9 Å². The molecule has 0 saturated carbocycles. The van der Waals surface area contributed by atoms with E-state index in [9.17, 15) is 10.1 Å². The lowest BCUT2D eigenvalue weighted by atomic mass is 10.2. The molecule has 0 bridgehead atoms. The van der Waals surface area contributed by atoms with Crippen molar-refractivity contribution in [1.82, 2.24) is 0 Å². The summed E-state index contributed by atoms with van der Waals surface area (Å²) in [5.41, 5.74) is 0.923. The largest absolute Gasteiger partial charge is 0.388 e. The number of diazo groups is 1. The first-order valence-corrected chi connectivity index (χ1v) is 3.25. The van der Waals surface area contributed by atoms with Gasteiger partial charge in [-0.3, -0.25) is 10.1 Å². The lowest BCUT2D eigenvalue weighted by molar-refractivity contribution is -0.384. The van der Waals surface area contributed by atoms with Gasteiger partial charge in [0.2, 0.25) is 5.39 Å². The van der Waals surface area contributed by atoms with Crippen LogP contribution in [0.4, 0.5) is 11.4 Å². The number of nitro groups is 1. The second-order valence-electron chi connectivity index (χ2n) is 2.33. The zero-order valence-corrected chi connectivity index (χ0v) is 6.39. The van der Waals surface area contributed by atoms with Crippen LogP contribution in [-0.4, -0.2) is 4.92 Å². The molecule has 0 heterocycles. The van der Waals surface area contributed by atoms with E-state index in [2.05, 4.69) is 4.98 Å². The molecule has 0 unspecified atom stereocenters. The van der Waals surface area contributed by atoms with Gasteiger partial charge in [-0.05, 0) is 6.92 Å². The van der Waals surface area contributed by atoms with Gasteiger partial charge in [-0.1, -0.05) is 0 Å². The maximum absolute atomic E-state index is 10.3. The molecule has 5 heteroatoms. The summed E-state index contributed by atoms with van der Waals surface area (Å²) in [6, 6.07) is 4.05. The van der Waals surface area contributed by atoms with Crippen LogP contribution in [0.1, 0.15) is 5.56 Å². The van der Waals surface area contributed by atoms with Crippen LogP contribution in [0.5, 0.6) is 0 Å². The first kappa shape index (κ1) is 8.14. The Balaban J connectivity index is 3.21. The zero-order valence-electron chi connectivity index (χ0n) is 6.39. The van der Waals surface area contributed by atoms with Gasteiger partial charge >= 0.3 is 5.69 Å². The van der Waals surface area contributed by atoms with Gasteiger partial charge in [0.1, 0.15) is 0 Å². The molecule has 0 fully saturated rings. The molecule has 0 atom stereocenters. The zero-order chi connectivity index (χ0) is 9.14. The molecule has 0 spiro atoms. The summed E-state index contributed by atoms with van der Waals surface area (Å²) in [6.07, 6.45) is 0. The Morgan fingerprint density at radius 2 is 2.25 bits per heavy atom. The number of non-ortho nitro benzene ring substituents is 1. The van der Waals surface area contributed by atoms with Crippen molar-refractivity contribution >= 4 is 11.4 Å². The van der Waals surface area contributed by atoms with Gasteiger partial charge < -0.3 is 0 Å².